The van der Waals surface area contributed by atoms with Crippen LogP contribution < -0.4 is 4.90 Å². The minimum atomic E-state index is -0.504. The zero-order valence-electron chi connectivity index (χ0n) is 8.49. The van der Waals surface area contributed by atoms with E-state index in [0.29, 0.717) is 18.7 Å². The molecule has 0 aliphatic carbocycles. The zero-order chi connectivity index (χ0) is 11.7. The Balaban J connectivity index is 2.24. The average molecular weight is 244 g/mol. The number of nitrogens with zero attached hydrogens (tertiary/aromatic N) is 1. The number of aliphatic hydroxyl groups is 1. The predicted molar refractivity (Wildman–Crippen MR) is 59.0 cm³/mol. The van der Waals surface area contributed by atoms with E-state index < -0.39 is 5.82 Å². The summed E-state index contributed by atoms with van der Waals surface area (Å²) in [5, 5.41) is 8.98. The number of hydrogen-bond donors (Lipinski definition) is 1. The highest BCUT2D eigenvalue weighted by atomic mass is 35.5. The van der Waals surface area contributed by atoms with E-state index >= 15 is 0 Å². The molecule has 0 saturated carbocycles. The van der Waals surface area contributed by atoms with Crippen LogP contribution >= 0.6 is 11.6 Å². The molecule has 1 unspecified atom stereocenters. The number of halogens is 2. The highest BCUT2D eigenvalue weighted by Crippen LogP contribution is 2.28. The van der Waals surface area contributed by atoms with Crippen LogP contribution in [0.25, 0.3) is 0 Å². The fourth-order valence-electron chi connectivity index (χ4n) is 1.81. The molecule has 2 rings (SSSR count). The van der Waals surface area contributed by atoms with Crippen LogP contribution in [0.5, 0.6) is 0 Å². The second kappa shape index (κ2) is 4.39. The van der Waals surface area contributed by atoms with Crippen molar-refractivity contribution >= 4 is 23.2 Å². The number of anilines is 1. The fourth-order valence-corrected chi connectivity index (χ4v) is 1.98. The molecule has 1 aliphatic heterocycles. The van der Waals surface area contributed by atoms with Gasteiger partial charge in [-0.2, -0.15) is 0 Å². The summed E-state index contributed by atoms with van der Waals surface area (Å²) in [6.45, 7) is 0.439. The molecule has 1 N–H and O–H groups in total. The number of aliphatic hydroxyl groups excluding tert-OH is 1. The van der Waals surface area contributed by atoms with Gasteiger partial charge in [-0.25, -0.2) is 4.39 Å². The van der Waals surface area contributed by atoms with Gasteiger partial charge in [0.2, 0.25) is 5.91 Å². The standard InChI is InChI=1S/C11H11ClFNO2/c12-9-4-8(1-2-10(9)13)14-5-7(6-15)3-11(14)16/h1-2,4,7,15H,3,5-6H2. The molecule has 1 aliphatic rings. The monoisotopic (exact) mass is 243 g/mol. The van der Waals surface area contributed by atoms with E-state index in [1.165, 1.54) is 23.1 Å². The molecule has 1 aromatic rings. The minimum absolute atomic E-state index is 0.00208. The summed E-state index contributed by atoms with van der Waals surface area (Å²) in [7, 11) is 0. The van der Waals surface area contributed by atoms with Crippen LogP contribution in [0.4, 0.5) is 10.1 Å². The van der Waals surface area contributed by atoms with E-state index in [9.17, 15) is 9.18 Å². The maximum Gasteiger partial charge on any atom is 0.227 e. The first-order chi connectivity index (χ1) is 7.61. The largest absolute Gasteiger partial charge is 0.396 e. The van der Waals surface area contributed by atoms with Gasteiger partial charge >= 0.3 is 0 Å². The van der Waals surface area contributed by atoms with Crippen molar-refractivity contribution < 1.29 is 14.3 Å². The Hall–Kier alpha value is -1.13. The number of carbonyl (C=O) groups is 1. The van der Waals surface area contributed by atoms with Crippen LogP contribution in [0.1, 0.15) is 6.42 Å². The predicted octanol–water partition coefficient (Wildman–Crippen LogP) is 1.82. The molecular weight excluding hydrogens is 233 g/mol. The van der Waals surface area contributed by atoms with Gasteiger partial charge in [0.15, 0.2) is 0 Å². The Morgan fingerprint density at radius 1 is 1.56 bits per heavy atom. The van der Waals surface area contributed by atoms with Crippen LogP contribution in [-0.4, -0.2) is 24.2 Å². The van der Waals surface area contributed by atoms with Crippen LogP contribution in [0, 0.1) is 11.7 Å². The van der Waals surface area contributed by atoms with Crippen molar-refractivity contribution in [1.82, 2.24) is 0 Å². The molecule has 1 amide bonds. The number of amides is 1. The van der Waals surface area contributed by atoms with Gasteiger partial charge in [-0.15, -0.1) is 0 Å². The third-order valence-corrected chi connectivity index (χ3v) is 2.97. The van der Waals surface area contributed by atoms with Crippen LogP contribution in [0.2, 0.25) is 5.02 Å². The Kier molecular flexibility index (Phi) is 3.12. The van der Waals surface area contributed by atoms with Crippen molar-refractivity contribution in [2.45, 2.75) is 6.42 Å². The summed E-state index contributed by atoms with van der Waals surface area (Å²) in [5.74, 6) is -0.617. The first-order valence-corrected chi connectivity index (χ1v) is 5.36. The van der Waals surface area contributed by atoms with Gasteiger partial charge in [0.05, 0.1) is 5.02 Å². The highest BCUT2D eigenvalue weighted by molar-refractivity contribution is 6.31. The van der Waals surface area contributed by atoms with Crippen molar-refractivity contribution in [2.75, 3.05) is 18.1 Å². The molecule has 1 aromatic carbocycles. The van der Waals surface area contributed by atoms with Crippen LogP contribution in [-0.2, 0) is 4.79 Å². The molecule has 1 atom stereocenters. The number of rotatable bonds is 2. The highest BCUT2D eigenvalue weighted by Gasteiger charge is 2.30. The Morgan fingerprint density at radius 2 is 2.31 bits per heavy atom. The second-order valence-corrected chi connectivity index (χ2v) is 4.26. The van der Waals surface area contributed by atoms with E-state index in [-0.39, 0.29) is 23.5 Å². The van der Waals surface area contributed by atoms with Crippen LogP contribution in [0.15, 0.2) is 18.2 Å². The molecule has 0 bridgehead atoms. The maximum absolute atomic E-state index is 13.0. The normalized spacial score (nSPS) is 20.6. The molecule has 0 aromatic heterocycles. The van der Waals surface area contributed by atoms with Gasteiger partial charge in [0.25, 0.3) is 0 Å². The smallest absolute Gasteiger partial charge is 0.227 e. The lowest BCUT2D eigenvalue weighted by Gasteiger charge is -2.16. The lowest BCUT2D eigenvalue weighted by atomic mass is 10.1. The van der Waals surface area contributed by atoms with E-state index in [1.54, 1.807) is 0 Å². The molecule has 1 heterocycles. The van der Waals surface area contributed by atoms with Gasteiger partial charge in [-0.05, 0) is 18.2 Å². The van der Waals surface area contributed by atoms with Gasteiger partial charge in [-0.1, -0.05) is 11.6 Å². The third kappa shape index (κ3) is 2.03. The Bertz CT molecular complexity index is 424. The lowest BCUT2D eigenvalue weighted by molar-refractivity contribution is -0.117. The molecule has 0 spiro atoms. The summed E-state index contributed by atoms with van der Waals surface area (Å²) in [6, 6.07) is 4.17. The molecule has 0 radical (unpaired) electrons. The quantitative estimate of drug-likeness (QED) is 0.861. The van der Waals surface area contributed by atoms with Gasteiger partial charge in [-0.3, -0.25) is 4.79 Å². The summed E-state index contributed by atoms with van der Waals surface area (Å²) >= 11 is 5.65. The topological polar surface area (TPSA) is 40.5 Å². The minimum Gasteiger partial charge on any atom is -0.396 e. The first kappa shape index (κ1) is 11.4. The second-order valence-electron chi connectivity index (χ2n) is 3.86. The van der Waals surface area contributed by atoms with E-state index in [4.69, 9.17) is 16.7 Å². The van der Waals surface area contributed by atoms with Crippen molar-refractivity contribution in [3.8, 4) is 0 Å². The van der Waals surface area contributed by atoms with Gasteiger partial charge < -0.3 is 10.0 Å². The Labute approximate surface area is 97.4 Å². The van der Waals surface area contributed by atoms with Crippen molar-refractivity contribution in [3.63, 3.8) is 0 Å². The third-order valence-electron chi connectivity index (χ3n) is 2.68. The van der Waals surface area contributed by atoms with E-state index in [2.05, 4.69) is 0 Å². The zero-order valence-corrected chi connectivity index (χ0v) is 9.25. The molecule has 1 fully saturated rings. The van der Waals surface area contributed by atoms with E-state index in [1.807, 2.05) is 0 Å². The van der Waals surface area contributed by atoms with Crippen LogP contribution in [0.3, 0.4) is 0 Å². The van der Waals surface area contributed by atoms with Crippen molar-refractivity contribution in [2.24, 2.45) is 5.92 Å². The number of carbonyl (C=O) groups excluding carboxylic acids is 1. The maximum atomic E-state index is 13.0. The summed E-state index contributed by atoms with van der Waals surface area (Å²) in [5.41, 5.74) is 0.576. The van der Waals surface area contributed by atoms with Gasteiger partial charge in [0, 0.05) is 31.2 Å². The number of benzene rings is 1. The molecule has 5 heteroatoms. The first-order valence-electron chi connectivity index (χ1n) is 4.98. The Morgan fingerprint density at radius 3 is 2.88 bits per heavy atom. The molecule has 3 nitrogen and oxygen atoms in total. The molecular formula is C11H11ClFNO2. The molecule has 16 heavy (non-hydrogen) atoms. The summed E-state index contributed by atoms with van der Waals surface area (Å²) in [6.07, 6.45) is 0.325. The SMILES string of the molecule is O=C1CC(CO)CN1c1ccc(F)c(Cl)c1. The molecule has 1 saturated heterocycles. The van der Waals surface area contributed by atoms with Crippen molar-refractivity contribution in [1.29, 1.82) is 0 Å². The van der Waals surface area contributed by atoms with Gasteiger partial charge in [0.1, 0.15) is 5.82 Å². The summed E-state index contributed by atoms with van der Waals surface area (Å²) < 4.78 is 13.0. The fraction of sp³-hybridized carbons (Fsp3) is 0.364. The van der Waals surface area contributed by atoms with Crippen molar-refractivity contribution in [3.05, 3.63) is 29.0 Å². The average Bonchev–Trinajstić information content (AvgIpc) is 2.64. The lowest BCUT2D eigenvalue weighted by Crippen LogP contribution is -2.24. The summed E-state index contributed by atoms with van der Waals surface area (Å²) in [4.78, 5) is 13.1. The molecule has 86 valence electrons. The number of hydrogen-bond acceptors (Lipinski definition) is 2. The van der Waals surface area contributed by atoms with E-state index in [0.717, 1.165) is 0 Å².